The fraction of sp³-hybridized carbons (Fsp3) is 0.667. The summed E-state index contributed by atoms with van der Waals surface area (Å²) in [6.45, 7) is 2.37. The SMILES string of the molecule is COC(=O)CC1CCCCN1C(=O)c1n[nH]c(C)n1. The van der Waals surface area contributed by atoms with E-state index in [2.05, 4.69) is 19.9 Å². The molecule has 0 bridgehead atoms. The number of amides is 1. The first-order valence-electron chi connectivity index (χ1n) is 6.38. The number of methoxy groups -OCH3 is 1. The number of H-pyrrole nitrogens is 1. The number of esters is 1. The number of carbonyl (C=O) groups is 2. The normalized spacial score (nSPS) is 19.3. The van der Waals surface area contributed by atoms with Crippen LogP contribution in [0.15, 0.2) is 0 Å². The summed E-state index contributed by atoms with van der Waals surface area (Å²) in [5, 5.41) is 6.54. The maximum atomic E-state index is 12.3. The van der Waals surface area contributed by atoms with E-state index in [9.17, 15) is 9.59 Å². The van der Waals surface area contributed by atoms with E-state index in [4.69, 9.17) is 0 Å². The van der Waals surface area contributed by atoms with Gasteiger partial charge >= 0.3 is 5.97 Å². The highest BCUT2D eigenvalue weighted by Crippen LogP contribution is 2.21. The van der Waals surface area contributed by atoms with Gasteiger partial charge in [-0.15, -0.1) is 5.10 Å². The van der Waals surface area contributed by atoms with Gasteiger partial charge in [0.25, 0.3) is 5.91 Å². The lowest BCUT2D eigenvalue weighted by atomic mass is 9.99. The van der Waals surface area contributed by atoms with E-state index in [0.29, 0.717) is 12.4 Å². The lowest BCUT2D eigenvalue weighted by Gasteiger charge is -2.34. The van der Waals surface area contributed by atoms with Crippen LogP contribution >= 0.6 is 0 Å². The van der Waals surface area contributed by atoms with Crippen molar-refractivity contribution in [2.24, 2.45) is 0 Å². The number of aryl methyl sites for hydroxylation is 1. The topological polar surface area (TPSA) is 88.2 Å². The van der Waals surface area contributed by atoms with Crippen LogP contribution in [0.25, 0.3) is 0 Å². The van der Waals surface area contributed by atoms with Crippen molar-refractivity contribution < 1.29 is 14.3 Å². The van der Waals surface area contributed by atoms with Gasteiger partial charge in [-0.3, -0.25) is 14.7 Å². The lowest BCUT2D eigenvalue weighted by molar-refractivity contribution is -0.142. The molecule has 1 aromatic heterocycles. The van der Waals surface area contributed by atoms with Crippen LogP contribution in [0.4, 0.5) is 0 Å². The van der Waals surface area contributed by atoms with Gasteiger partial charge in [0, 0.05) is 12.6 Å². The Hall–Kier alpha value is -1.92. The van der Waals surface area contributed by atoms with Crippen LogP contribution in [0.5, 0.6) is 0 Å². The van der Waals surface area contributed by atoms with E-state index in [1.165, 1.54) is 7.11 Å². The Morgan fingerprint density at radius 3 is 2.89 bits per heavy atom. The molecule has 0 aliphatic carbocycles. The first-order chi connectivity index (χ1) is 9.11. The fourth-order valence-electron chi connectivity index (χ4n) is 2.32. The Labute approximate surface area is 111 Å². The Balaban J connectivity index is 2.10. The molecule has 1 atom stereocenters. The highest BCUT2D eigenvalue weighted by molar-refractivity contribution is 5.91. The second kappa shape index (κ2) is 5.81. The van der Waals surface area contributed by atoms with Crippen molar-refractivity contribution in [3.63, 3.8) is 0 Å². The molecule has 19 heavy (non-hydrogen) atoms. The number of nitrogens with zero attached hydrogens (tertiary/aromatic N) is 3. The maximum Gasteiger partial charge on any atom is 0.307 e. The van der Waals surface area contributed by atoms with Crippen LogP contribution in [0, 0.1) is 6.92 Å². The first-order valence-corrected chi connectivity index (χ1v) is 6.38. The summed E-state index contributed by atoms with van der Waals surface area (Å²) in [6, 6.07) is -0.118. The van der Waals surface area contributed by atoms with E-state index in [0.717, 1.165) is 19.3 Å². The van der Waals surface area contributed by atoms with E-state index in [1.54, 1.807) is 11.8 Å². The second-order valence-electron chi connectivity index (χ2n) is 4.67. The van der Waals surface area contributed by atoms with Crippen molar-refractivity contribution in [1.82, 2.24) is 20.1 Å². The Morgan fingerprint density at radius 2 is 2.26 bits per heavy atom. The van der Waals surface area contributed by atoms with Crippen molar-refractivity contribution in [3.05, 3.63) is 11.6 Å². The summed E-state index contributed by atoms with van der Waals surface area (Å²) in [4.78, 5) is 29.4. The van der Waals surface area contributed by atoms with Crippen molar-refractivity contribution >= 4 is 11.9 Å². The van der Waals surface area contributed by atoms with Crippen LogP contribution < -0.4 is 0 Å². The Kier molecular flexibility index (Phi) is 4.13. The van der Waals surface area contributed by atoms with Gasteiger partial charge in [0.05, 0.1) is 13.5 Å². The molecule has 7 nitrogen and oxygen atoms in total. The minimum absolute atomic E-state index is 0.118. The molecule has 0 spiro atoms. The Bertz CT molecular complexity index is 471. The van der Waals surface area contributed by atoms with Crippen LogP contribution in [-0.2, 0) is 9.53 Å². The fourth-order valence-corrected chi connectivity index (χ4v) is 2.32. The van der Waals surface area contributed by atoms with Crippen LogP contribution in [0.3, 0.4) is 0 Å². The van der Waals surface area contributed by atoms with Crippen molar-refractivity contribution in [2.45, 2.75) is 38.6 Å². The largest absolute Gasteiger partial charge is 0.469 e. The number of carbonyl (C=O) groups excluding carboxylic acids is 2. The zero-order chi connectivity index (χ0) is 13.8. The standard InChI is InChI=1S/C12H18N4O3/c1-8-13-11(15-14-8)12(18)16-6-4-3-5-9(16)7-10(17)19-2/h9H,3-7H2,1-2H3,(H,13,14,15). The number of ether oxygens (including phenoxy) is 1. The van der Waals surface area contributed by atoms with Crippen LogP contribution in [0.2, 0.25) is 0 Å². The van der Waals surface area contributed by atoms with E-state index in [1.807, 2.05) is 0 Å². The van der Waals surface area contributed by atoms with Gasteiger partial charge in [-0.05, 0) is 26.2 Å². The molecular weight excluding hydrogens is 248 g/mol. The first kappa shape index (κ1) is 13.5. The van der Waals surface area contributed by atoms with Crippen LogP contribution in [0.1, 0.15) is 42.1 Å². The molecular formula is C12H18N4O3. The predicted molar refractivity (Wildman–Crippen MR) is 66.4 cm³/mol. The minimum atomic E-state index is -0.295. The number of likely N-dealkylation sites (tertiary alicyclic amines) is 1. The van der Waals surface area contributed by atoms with Gasteiger partial charge in [-0.1, -0.05) is 0 Å². The van der Waals surface area contributed by atoms with E-state index >= 15 is 0 Å². The van der Waals surface area contributed by atoms with Gasteiger partial charge in [0.1, 0.15) is 5.82 Å². The molecule has 1 aliphatic heterocycles. The van der Waals surface area contributed by atoms with Gasteiger partial charge < -0.3 is 9.64 Å². The molecule has 1 saturated heterocycles. The lowest BCUT2D eigenvalue weighted by Crippen LogP contribution is -2.45. The number of aromatic nitrogens is 3. The number of hydrogen-bond acceptors (Lipinski definition) is 5. The van der Waals surface area contributed by atoms with E-state index < -0.39 is 0 Å². The molecule has 7 heteroatoms. The summed E-state index contributed by atoms with van der Waals surface area (Å²) >= 11 is 0. The van der Waals surface area contributed by atoms with Gasteiger partial charge in [0.15, 0.2) is 0 Å². The van der Waals surface area contributed by atoms with Crippen molar-refractivity contribution in [2.75, 3.05) is 13.7 Å². The zero-order valence-electron chi connectivity index (χ0n) is 11.2. The predicted octanol–water partition coefficient (Wildman–Crippen LogP) is 0.671. The molecule has 1 unspecified atom stereocenters. The Morgan fingerprint density at radius 1 is 1.47 bits per heavy atom. The number of nitrogens with one attached hydrogen (secondary N) is 1. The highest BCUT2D eigenvalue weighted by Gasteiger charge is 2.31. The number of aromatic amines is 1. The highest BCUT2D eigenvalue weighted by atomic mass is 16.5. The number of rotatable bonds is 3. The van der Waals surface area contributed by atoms with Gasteiger partial charge in [-0.2, -0.15) is 0 Å². The molecule has 0 aromatic carbocycles. The summed E-state index contributed by atoms with van der Waals surface area (Å²) in [7, 11) is 1.36. The summed E-state index contributed by atoms with van der Waals surface area (Å²) in [5.41, 5.74) is 0. The molecule has 2 rings (SSSR count). The molecule has 0 saturated carbocycles. The van der Waals surface area contributed by atoms with Crippen molar-refractivity contribution in [3.8, 4) is 0 Å². The van der Waals surface area contributed by atoms with Crippen molar-refractivity contribution in [1.29, 1.82) is 0 Å². The average molecular weight is 266 g/mol. The van der Waals surface area contributed by atoms with Gasteiger partial charge in [-0.25, -0.2) is 4.98 Å². The molecule has 0 radical (unpaired) electrons. The third-order valence-corrected chi connectivity index (χ3v) is 3.31. The second-order valence-corrected chi connectivity index (χ2v) is 4.67. The smallest absolute Gasteiger partial charge is 0.307 e. The summed E-state index contributed by atoms with van der Waals surface area (Å²) < 4.78 is 4.68. The molecule has 2 heterocycles. The molecule has 1 amide bonds. The summed E-state index contributed by atoms with van der Waals surface area (Å²) in [6.07, 6.45) is 2.99. The molecule has 1 N–H and O–H groups in total. The summed E-state index contributed by atoms with van der Waals surface area (Å²) in [5.74, 6) is 0.243. The molecule has 1 fully saturated rings. The molecule has 1 aromatic rings. The molecule has 104 valence electrons. The number of hydrogen-bond donors (Lipinski definition) is 1. The monoisotopic (exact) mass is 266 g/mol. The van der Waals surface area contributed by atoms with Gasteiger partial charge in [0.2, 0.25) is 5.82 Å². The van der Waals surface area contributed by atoms with Crippen LogP contribution in [-0.4, -0.2) is 51.7 Å². The number of piperidine rings is 1. The third-order valence-electron chi connectivity index (χ3n) is 3.31. The average Bonchev–Trinajstić information content (AvgIpc) is 2.85. The minimum Gasteiger partial charge on any atom is -0.469 e. The zero-order valence-corrected chi connectivity index (χ0v) is 11.2. The van der Waals surface area contributed by atoms with E-state index in [-0.39, 0.29) is 30.2 Å². The maximum absolute atomic E-state index is 12.3. The quantitative estimate of drug-likeness (QED) is 0.812. The molecule has 1 aliphatic rings. The third kappa shape index (κ3) is 3.10.